The van der Waals surface area contributed by atoms with E-state index in [2.05, 4.69) is 15.8 Å². The van der Waals surface area contributed by atoms with Gasteiger partial charge < -0.3 is 14.8 Å². The van der Waals surface area contributed by atoms with Gasteiger partial charge >= 0.3 is 0 Å². The fourth-order valence-electron chi connectivity index (χ4n) is 2.92. The van der Waals surface area contributed by atoms with E-state index in [1.54, 1.807) is 42.6 Å². The van der Waals surface area contributed by atoms with Crippen molar-refractivity contribution < 1.29 is 19.1 Å². The normalized spacial score (nSPS) is 16.6. The smallest absolute Gasteiger partial charge is 0.258 e. The summed E-state index contributed by atoms with van der Waals surface area (Å²) in [5, 5.41) is 7.17. The summed E-state index contributed by atoms with van der Waals surface area (Å²) in [6.07, 6.45) is 3.68. The van der Waals surface area contributed by atoms with E-state index in [1.165, 1.54) is 11.8 Å². The van der Waals surface area contributed by atoms with Crippen LogP contribution in [-0.4, -0.2) is 49.1 Å². The Kier molecular flexibility index (Phi) is 9.40. The number of hydrogen-bond donors (Lipinski definition) is 2. The van der Waals surface area contributed by atoms with E-state index in [9.17, 15) is 9.59 Å². The van der Waals surface area contributed by atoms with Crippen molar-refractivity contribution in [2.75, 3.05) is 19.8 Å². The lowest BCUT2D eigenvalue weighted by atomic mass is 10.2. The standard InChI is InChI=1S/C23H26ClN3O4S/c1-16(32-21-10-6-18(24)7-11-21)23(29)27-26-13-17-4-8-19(9-5-17)31-15-22(28)25-14-20-3-2-12-30-20/h4-11,13,16,20H,2-3,12,14-15H2,1H3,(H,25,28)(H,27,29)/b26-13-/t16-,20+/m1/s1. The number of hydrogen-bond acceptors (Lipinski definition) is 6. The molecule has 170 valence electrons. The zero-order chi connectivity index (χ0) is 22.8. The molecule has 9 heteroatoms. The molecule has 1 aliphatic heterocycles. The molecule has 0 spiro atoms. The highest BCUT2D eigenvalue weighted by molar-refractivity contribution is 8.00. The van der Waals surface area contributed by atoms with Crippen molar-refractivity contribution in [2.24, 2.45) is 5.10 Å². The Morgan fingerprint density at radius 3 is 2.69 bits per heavy atom. The molecule has 1 fully saturated rings. The molecule has 0 unspecified atom stereocenters. The first-order valence-electron chi connectivity index (χ1n) is 10.4. The van der Waals surface area contributed by atoms with Crippen molar-refractivity contribution in [1.29, 1.82) is 0 Å². The maximum Gasteiger partial charge on any atom is 0.258 e. The third kappa shape index (κ3) is 8.18. The highest BCUT2D eigenvalue weighted by Gasteiger charge is 2.16. The molecule has 2 N–H and O–H groups in total. The second kappa shape index (κ2) is 12.5. The van der Waals surface area contributed by atoms with Crippen LogP contribution in [0.5, 0.6) is 5.75 Å². The van der Waals surface area contributed by atoms with E-state index < -0.39 is 0 Å². The lowest BCUT2D eigenvalue weighted by Gasteiger charge is -2.11. The highest BCUT2D eigenvalue weighted by atomic mass is 35.5. The number of carbonyl (C=O) groups is 2. The van der Waals surface area contributed by atoms with Gasteiger partial charge in [0.15, 0.2) is 6.61 Å². The summed E-state index contributed by atoms with van der Waals surface area (Å²) in [6, 6.07) is 14.4. The molecule has 0 bridgehead atoms. The minimum Gasteiger partial charge on any atom is -0.484 e. The van der Waals surface area contributed by atoms with Crippen molar-refractivity contribution in [1.82, 2.24) is 10.7 Å². The molecule has 7 nitrogen and oxygen atoms in total. The monoisotopic (exact) mass is 475 g/mol. The van der Waals surface area contributed by atoms with Crippen molar-refractivity contribution in [3.05, 3.63) is 59.1 Å². The molecule has 1 aliphatic rings. The first-order valence-corrected chi connectivity index (χ1v) is 11.6. The van der Waals surface area contributed by atoms with Crippen LogP contribution in [0.3, 0.4) is 0 Å². The average molecular weight is 476 g/mol. The van der Waals surface area contributed by atoms with Crippen LogP contribution in [0, 0.1) is 0 Å². The quantitative estimate of drug-likeness (QED) is 0.311. The molecule has 2 amide bonds. The molecular formula is C23H26ClN3O4S. The van der Waals surface area contributed by atoms with Crippen molar-refractivity contribution >= 4 is 41.4 Å². The van der Waals surface area contributed by atoms with E-state index in [4.69, 9.17) is 21.1 Å². The Balaban J connectivity index is 1.37. The molecule has 2 aromatic rings. The topological polar surface area (TPSA) is 89.0 Å². The van der Waals surface area contributed by atoms with E-state index >= 15 is 0 Å². The lowest BCUT2D eigenvalue weighted by Crippen LogP contribution is -2.35. The molecule has 0 aromatic heterocycles. The predicted octanol–water partition coefficient (Wildman–Crippen LogP) is 3.64. The highest BCUT2D eigenvalue weighted by Crippen LogP contribution is 2.24. The summed E-state index contributed by atoms with van der Waals surface area (Å²) in [5.74, 6) is 0.195. The fraction of sp³-hybridized carbons (Fsp3) is 0.348. The Morgan fingerprint density at radius 1 is 1.25 bits per heavy atom. The van der Waals surface area contributed by atoms with Crippen LogP contribution in [0.25, 0.3) is 0 Å². The minimum absolute atomic E-state index is 0.0562. The van der Waals surface area contributed by atoms with E-state index in [-0.39, 0.29) is 29.8 Å². The van der Waals surface area contributed by atoms with Gasteiger partial charge in [0.05, 0.1) is 17.6 Å². The molecule has 2 atom stereocenters. The van der Waals surface area contributed by atoms with Gasteiger partial charge in [-0.2, -0.15) is 5.10 Å². The van der Waals surface area contributed by atoms with Crippen LogP contribution in [0.1, 0.15) is 25.3 Å². The summed E-state index contributed by atoms with van der Waals surface area (Å²) >= 11 is 7.30. The summed E-state index contributed by atoms with van der Waals surface area (Å²) in [6.45, 7) is 3.03. The molecule has 2 aromatic carbocycles. The average Bonchev–Trinajstić information content (AvgIpc) is 3.32. The van der Waals surface area contributed by atoms with Gasteiger partial charge in [0.25, 0.3) is 11.8 Å². The maximum atomic E-state index is 12.2. The van der Waals surface area contributed by atoms with Crippen LogP contribution in [0.2, 0.25) is 5.02 Å². The number of thioether (sulfide) groups is 1. The number of ether oxygens (including phenoxy) is 2. The minimum atomic E-state index is -0.310. The number of benzene rings is 2. The molecule has 3 rings (SSSR count). The third-order valence-electron chi connectivity index (χ3n) is 4.69. The lowest BCUT2D eigenvalue weighted by molar-refractivity contribution is -0.123. The Bertz CT molecular complexity index is 916. The van der Waals surface area contributed by atoms with E-state index in [0.717, 1.165) is 29.9 Å². The van der Waals surface area contributed by atoms with E-state index in [0.29, 0.717) is 17.3 Å². The molecule has 0 aliphatic carbocycles. The SMILES string of the molecule is C[C@@H](Sc1ccc(Cl)cc1)C(=O)N/N=C\c1ccc(OCC(=O)NC[C@@H]2CCCO2)cc1. The van der Waals surface area contributed by atoms with Crippen molar-refractivity contribution in [2.45, 2.75) is 36.0 Å². The summed E-state index contributed by atoms with van der Waals surface area (Å²) < 4.78 is 11.0. The summed E-state index contributed by atoms with van der Waals surface area (Å²) in [7, 11) is 0. The molecule has 0 saturated carbocycles. The number of hydrazone groups is 1. The van der Waals surface area contributed by atoms with Gasteiger partial charge in [-0.15, -0.1) is 11.8 Å². The largest absolute Gasteiger partial charge is 0.484 e. The fourth-order valence-corrected chi connectivity index (χ4v) is 3.90. The van der Waals surface area contributed by atoms with Gasteiger partial charge in [0.2, 0.25) is 0 Å². The van der Waals surface area contributed by atoms with Gasteiger partial charge in [-0.3, -0.25) is 9.59 Å². The van der Waals surface area contributed by atoms with Gasteiger partial charge in [0, 0.05) is 23.1 Å². The van der Waals surface area contributed by atoms with Crippen molar-refractivity contribution in [3.8, 4) is 5.75 Å². The van der Waals surface area contributed by atoms with Gasteiger partial charge in [-0.25, -0.2) is 5.43 Å². The van der Waals surface area contributed by atoms with Gasteiger partial charge in [0.1, 0.15) is 5.75 Å². The van der Waals surface area contributed by atoms with Gasteiger partial charge in [-0.05, 0) is 73.9 Å². The Morgan fingerprint density at radius 2 is 2.00 bits per heavy atom. The molecular weight excluding hydrogens is 450 g/mol. The Hall–Kier alpha value is -2.55. The molecule has 32 heavy (non-hydrogen) atoms. The summed E-state index contributed by atoms with van der Waals surface area (Å²) in [4.78, 5) is 25.0. The summed E-state index contributed by atoms with van der Waals surface area (Å²) in [5.41, 5.74) is 3.33. The van der Waals surface area contributed by atoms with E-state index in [1.807, 2.05) is 19.1 Å². The molecule has 1 saturated heterocycles. The third-order valence-corrected chi connectivity index (χ3v) is 6.05. The zero-order valence-corrected chi connectivity index (χ0v) is 19.3. The van der Waals surface area contributed by atoms with Gasteiger partial charge in [-0.1, -0.05) is 11.6 Å². The zero-order valence-electron chi connectivity index (χ0n) is 17.8. The second-order valence-electron chi connectivity index (χ2n) is 7.25. The molecule has 1 heterocycles. The van der Waals surface area contributed by atoms with Crippen LogP contribution < -0.4 is 15.5 Å². The predicted molar refractivity (Wildman–Crippen MR) is 126 cm³/mol. The Labute approximate surface area is 196 Å². The number of nitrogens with zero attached hydrogens (tertiary/aromatic N) is 1. The van der Waals surface area contributed by atoms with Crippen LogP contribution >= 0.6 is 23.4 Å². The maximum absolute atomic E-state index is 12.2. The number of amides is 2. The first-order chi connectivity index (χ1) is 15.5. The van der Waals surface area contributed by atoms with Crippen LogP contribution in [0.15, 0.2) is 58.5 Å². The number of nitrogens with one attached hydrogen (secondary N) is 2. The number of halogens is 1. The van der Waals surface area contributed by atoms with Crippen LogP contribution in [-0.2, 0) is 14.3 Å². The second-order valence-corrected chi connectivity index (χ2v) is 9.10. The molecule has 0 radical (unpaired) electrons. The first kappa shape index (κ1) is 24.1. The number of carbonyl (C=O) groups excluding carboxylic acids is 2. The number of rotatable bonds is 10. The van der Waals surface area contributed by atoms with Crippen molar-refractivity contribution in [3.63, 3.8) is 0 Å². The van der Waals surface area contributed by atoms with Crippen LogP contribution in [0.4, 0.5) is 0 Å².